The molecular formula is C13H16ClNO2. The molecule has 0 unspecified atom stereocenters. The highest BCUT2D eigenvalue weighted by atomic mass is 35.5. The molecule has 1 aromatic rings. The Morgan fingerprint density at radius 3 is 2.59 bits per heavy atom. The summed E-state index contributed by atoms with van der Waals surface area (Å²) in [6.45, 7) is 3.03. The first-order chi connectivity index (χ1) is 8.16. The molecule has 17 heavy (non-hydrogen) atoms. The van der Waals surface area contributed by atoms with Crippen LogP contribution in [0.4, 0.5) is 0 Å². The molecule has 0 saturated carbocycles. The van der Waals surface area contributed by atoms with Gasteiger partial charge in [0.2, 0.25) is 0 Å². The zero-order chi connectivity index (χ0) is 12.3. The normalized spacial score (nSPS) is 17.0. The van der Waals surface area contributed by atoms with Gasteiger partial charge in [-0.05, 0) is 43.6 Å². The van der Waals surface area contributed by atoms with Crippen molar-refractivity contribution in [1.82, 2.24) is 4.90 Å². The van der Waals surface area contributed by atoms with Crippen LogP contribution in [0.5, 0.6) is 0 Å². The van der Waals surface area contributed by atoms with Crippen molar-refractivity contribution in [3.63, 3.8) is 0 Å². The minimum absolute atomic E-state index is 0.248. The molecule has 0 aromatic heterocycles. The number of benzene rings is 1. The standard InChI is InChI=1S/C13H16ClNO2/c14-12-8-10(13(16)17)4-5-11(12)9-15-6-2-1-3-7-15/h4-5,8H,1-3,6-7,9H2,(H,16,17). The fourth-order valence-corrected chi connectivity index (χ4v) is 2.41. The zero-order valence-electron chi connectivity index (χ0n) is 9.66. The van der Waals surface area contributed by atoms with E-state index in [4.69, 9.17) is 16.7 Å². The van der Waals surface area contributed by atoms with Crippen molar-refractivity contribution in [2.75, 3.05) is 13.1 Å². The Kier molecular flexibility index (Phi) is 4.02. The topological polar surface area (TPSA) is 40.5 Å². The van der Waals surface area contributed by atoms with Crippen LogP contribution in [0.3, 0.4) is 0 Å². The molecule has 0 spiro atoms. The Morgan fingerprint density at radius 2 is 2.00 bits per heavy atom. The van der Waals surface area contributed by atoms with Crippen LogP contribution in [0.2, 0.25) is 5.02 Å². The molecule has 1 aromatic carbocycles. The van der Waals surface area contributed by atoms with E-state index in [-0.39, 0.29) is 5.56 Å². The minimum Gasteiger partial charge on any atom is -0.478 e. The van der Waals surface area contributed by atoms with E-state index in [0.717, 1.165) is 25.2 Å². The number of rotatable bonds is 3. The molecule has 3 nitrogen and oxygen atoms in total. The van der Waals surface area contributed by atoms with Crippen LogP contribution in [-0.4, -0.2) is 29.1 Å². The highest BCUT2D eigenvalue weighted by Gasteiger charge is 2.13. The van der Waals surface area contributed by atoms with E-state index < -0.39 is 5.97 Å². The van der Waals surface area contributed by atoms with Crippen molar-refractivity contribution < 1.29 is 9.90 Å². The SMILES string of the molecule is O=C(O)c1ccc(CN2CCCCC2)c(Cl)c1. The van der Waals surface area contributed by atoms with E-state index in [9.17, 15) is 4.79 Å². The molecule has 4 heteroatoms. The number of nitrogens with zero attached hydrogens (tertiary/aromatic N) is 1. The van der Waals surface area contributed by atoms with Crippen LogP contribution in [0, 0.1) is 0 Å². The Labute approximate surface area is 106 Å². The van der Waals surface area contributed by atoms with Gasteiger partial charge in [0.05, 0.1) is 5.56 Å². The van der Waals surface area contributed by atoms with Gasteiger partial charge in [0, 0.05) is 11.6 Å². The van der Waals surface area contributed by atoms with Gasteiger partial charge in [-0.2, -0.15) is 0 Å². The van der Waals surface area contributed by atoms with Crippen molar-refractivity contribution in [2.24, 2.45) is 0 Å². The van der Waals surface area contributed by atoms with Gasteiger partial charge in [0.25, 0.3) is 0 Å². The summed E-state index contributed by atoms with van der Waals surface area (Å²) in [7, 11) is 0. The van der Waals surface area contributed by atoms with Crippen LogP contribution in [0.25, 0.3) is 0 Å². The first kappa shape index (κ1) is 12.4. The number of carboxylic acid groups (broad SMARTS) is 1. The van der Waals surface area contributed by atoms with Gasteiger partial charge in [-0.15, -0.1) is 0 Å². The number of piperidine rings is 1. The van der Waals surface area contributed by atoms with Gasteiger partial charge in [-0.1, -0.05) is 24.1 Å². The number of hydrogen-bond donors (Lipinski definition) is 1. The second-order valence-corrected chi connectivity index (χ2v) is 4.86. The fourth-order valence-electron chi connectivity index (χ4n) is 2.17. The van der Waals surface area contributed by atoms with Gasteiger partial charge in [-0.25, -0.2) is 4.79 Å². The molecule has 1 aliphatic heterocycles. The Bertz CT molecular complexity index is 414. The number of aromatic carboxylic acids is 1. The first-order valence-electron chi connectivity index (χ1n) is 5.91. The van der Waals surface area contributed by atoms with E-state index in [2.05, 4.69) is 4.90 Å². The lowest BCUT2D eigenvalue weighted by atomic mass is 10.1. The second kappa shape index (κ2) is 5.52. The van der Waals surface area contributed by atoms with E-state index in [1.54, 1.807) is 6.07 Å². The third-order valence-electron chi connectivity index (χ3n) is 3.14. The van der Waals surface area contributed by atoms with Gasteiger partial charge < -0.3 is 5.11 Å². The van der Waals surface area contributed by atoms with Crippen LogP contribution < -0.4 is 0 Å². The average Bonchev–Trinajstić information content (AvgIpc) is 2.33. The third kappa shape index (κ3) is 3.20. The third-order valence-corrected chi connectivity index (χ3v) is 3.49. The maximum atomic E-state index is 10.8. The predicted molar refractivity (Wildman–Crippen MR) is 67.5 cm³/mol. The largest absolute Gasteiger partial charge is 0.478 e. The van der Waals surface area contributed by atoms with Gasteiger partial charge in [0.1, 0.15) is 0 Å². The second-order valence-electron chi connectivity index (χ2n) is 4.45. The quantitative estimate of drug-likeness (QED) is 0.900. The van der Waals surface area contributed by atoms with Crippen LogP contribution in [0.1, 0.15) is 35.2 Å². The molecule has 1 N–H and O–H groups in total. The maximum Gasteiger partial charge on any atom is 0.335 e. The molecule has 1 fully saturated rings. The Hall–Kier alpha value is -1.06. The molecule has 1 saturated heterocycles. The highest BCUT2D eigenvalue weighted by molar-refractivity contribution is 6.31. The molecule has 0 radical (unpaired) electrons. The lowest BCUT2D eigenvalue weighted by Crippen LogP contribution is -2.29. The zero-order valence-corrected chi connectivity index (χ0v) is 10.4. The summed E-state index contributed by atoms with van der Waals surface area (Å²) >= 11 is 6.10. The molecule has 0 amide bonds. The first-order valence-corrected chi connectivity index (χ1v) is 6.28. The Morgan fingerprint density at radius 1 is 1.29 bits per heavy atom. The molecule has 2 rings (SSSR count). The summed E-state index contributed by atoms with van der Waals surface area (Å²) in [6, 6.07) is 4.97. The fraction of sp³-hybridized carbons (Fsp3) is 0.462. The molecule has 0 bridgehead atoms. The predicted octanol–water partition coefficient (Wildman–Crippen LogP) is 3.02. The summed E-state index contributed by atoms with van der Waals surface area (Å²) < 4.78 is 0. The van der Waals surface area contributed by atoms with E-state index in [1.807, 2.05) is 6.07 Å². The smallest absolute Gasteiger partial charge is 0.335 e. The number of halogens is 1. The van der Waals surface area contributed by atoms with Crippen molar-refractivity contribution in [3.05, 3.63) is 34.3 Å². The molecule has 92 valence electrons. The monoisotopic (exact) mass is 253 g/mol. The van der Waals surface area contributed by atoms with Gasteiger partial charge in [-0.3, -0.25) is 4.90 Å². The summed E-state index contributed by atoms with van der Waals surface area (Å²) in [4.78, 5) is 13.2. The van der Waals surface area contributed by atoms with Crippen molar-refractivity contribution in [1.29, 1.82) is 0 Å². The van der Waals surface area contributed by atoms with Gasteiger partial charge >= 0.3 is 5.97 Å². The Balaban J connectivity index is 2.08. The molecule has 1 heterocycles. The van der Waals surface area contributed by atoms with E-state index >= 15 is 0 Å². The average molecular weight is 254 g/mol. The van der Waals surface area contributed by atoms with E-state index in [0.29, 0.717) is 5.02 Å². The lowest BCUT2D eigenvalue weighted by molar-refractivity contribution is 0.0697. The van der Waals surface area contributed by atoms with E-state index in [1.165, 1.54) is 25.3 Å². The molecule has 1 aliphatic rings. The van der Waals surface area contributed by atoms with Gasteiger partial charge in [0.15, 0.2) is 0 Å². The lowest BCUT2D eigenvalue weighted by Gasteiger charge is -2.26. The molecule has 0 atom stereocenters. The number of carbonyl (C=O) groups is 1. The molecule has 0 aliphatic carbocycles. The van der Waals surface area contributed by atoms with Crippen molar-refractivity contribution in [2.45, 2.75) is 25.8 Å². The number of hydrogen-bond acceptors (Lipinski definition) is 2. The summed E-state index contributed by atoms with van der Waals surface area (Å²) in [6.07, 6.45) is 3.79. The molecular weight excluding hydrogens is 238 g/mol. The summed E-state index contributed by atoms with van der Waals surface area (Å²) in [5.74, 6) is -0.934. The van der Waals surface area contributed by atoms with Crippen LogP contribution in [0.15, 0.2) is 18.2 Å². The minimum atomic E-state index is -0.934. The van der Waals surface area contributed by atoms with Crippen molar-refractivity contribution in [3.8, 4) is 0 Å². The summed E-state index contributed by atoms with van der Waals surface area (Å²) in [5, 5.41) is 9.40. The number of likely N-dealkylation sites (tertiary alicyclic amines) is 1. The maximum absolute atomic E-state index is 10.8. The number of carboxylic acids is 1. The van der Waals surface area contributed by atoms with Crippen LogP contribution >= 0.6 is 11.6 Å². The van der Waals surface area contributed by atoms with Crippen LogP contribution in [-0.2, 0) is 6.54 Å². The highest BCUT2D eigenvalue weighted by Crippen LogP contribution is 2.21. The summed E-state index contributed by atoms with van der Waals surface area (Å²) in [5.41, 5.74) is 1.26. The van der Waals surface area contributed by atoms with Crippen molar-refractivity contribution >= 4 is 17.6 Å².